The molecule has 0 spiro atoms. The van der Waals surface area contributed by atoms with Crippen LogP contribution in [0.5, 0.6) is 0 Å². The van der Waals surface area contributed by atoms with Crippen molar-refractivity contribution in [2.45, 2.75) is 6.92 Å². The Morgan fingerprint density at radius 2 is 1.95 bits per heavy atom. The van der Waals surface area contributed by atoms with Crippen LogP contribution >= 0.6 is 0 Å². The van der Waals surface area contributed by atoms with E-state index in [1.165, 1.54) is 17.0 Å². The number of nitro benzene ring substituents is 1. The number of aromatic nitrogens is 2. The van der Waals surface area contributed by atoms with E-state index in [4.69, 9.17) is 0 Å². The Balaban J connectivity index is 2.20. The standard InChI is InChI=1S/C15H11N3O3/c1-10-5-4-6-11(14(10)18(20)21)15(19)17-9-16-12-7-2-3-8-13(12)17/h2-9H,1H3. The molecule has 0 saturated carbocycles. The highest BCUT2D eigenvalue weighted by Gasteiger charge is 2.24. The van der Waals surface area contributed by atoms with E-state index in [0.717, 1.165) is 0 Å². The quantitative estimate of drug-likeness (QED) is 0.534. The minimum atomic E-state index is -0.526. The van der Waals surface area contributed by atoms with Gasteiger partial charge in [-0.1, -0.05) is 24.3 Å². The lowest BCUT2D eigenvalue weighted by Crippen LogP contribution is -2.13. The first-order valence-corrected chi connectivity index (χ1v) is 6.30. The van der Waals surface area contributed by atoms with E-state index < -0.39 is 10.8 Å². The SMILES string of the molecule is Cc1cccc(C(=O)n2cnc3ccccc32)c1[N+](=O)[O-]. The summed E-state index contributed by atoms with van der Waals surface area (Å²) in [4.78, 5) is 27.4. The van der Waals surface area contributed by atoms with E-state index in [1.54, 1.807) is 37.3 Å². The monoisotopic (exact) mass is 281 g/mol. The van der Waals surface area contributed by atoms with Crippen LogP contribution in [-0.4, -0.2) is 20.4 Å². The molecule has 0 amide bonds. The van der Waals surface area contributed by atoms with Crippen molar-refractivity contribution in [3.8, 4) is 0 Å². The molecule has 0 N–H and O–H groups in total. The summed E-state index contributed by atoms with van der Waals surface area (Å²) in [7, 11) is 0. The third-order valence-electron chi connectivity index (χ3n) is 3.32. The van der Waals surface area contributed by atoms with E-state index in [-0.39, 0.29) is 11.3 Å². The second kappa shape index (κ2) is 4.82. The van der Waals surface area contributed by atoms with Gasteiger partial charge in [-0.25, -0.2) is 4.98 Å². The highest BCUT2D eigenvalue weighted by Crippen LogP contribution is 2.25. The molecule has 1 aromatic heterocycles. The summed E-state index contributed by atoms with van der Waals surface area (Å²) in [6.45, 7) is 1.61. The Kier molecular flexibility index (Phi) is 2.98. The predicted octanol–water partition coefficient (Wildman–Crippen LogP) is 2.94. The van der Waals surface area contributed by atoms with Gasteiger partial charge < -0.3 is 0 Å². The minimum Gasteiger partial charge on any atom is -0.268 e. The summed E-state index contributed by atoms with van der Waals surface area (Å²) in [5, 5.41) is 11.2. The number of nitro groups is 1. The maximum absolute atomic E-state index is 12.6. The molecule has 3 aromatic rings. The fourth-order valence-corrected chi connectivity index (χ4v) is 2.32. The van der Waals surface area contributed by atoms with Crippen molar-refractivity contribution < 1.29 is 9.72 Å². The molecule has 21 heavy (non-hydrogen) atoms. The Morgan fingerprint density at radius 3 is 2.71 bits per heavy atom. The van der Waals surface area contributed by atoms with Crippen molar-refractivity contribution in [1.29, 1.82) is 0 Å². The van der Waals surface area contributed by atoms with Gasteiger partial charge in [0.05, 0.1) is 16.0 Å². The van der Waals surface area contributed by atoms with Gasteiger partial charge in [-0.3, -0.25) is 19.5 Å². The lowest BCUT2D eigenvalue weighted by atomic mass is 10.1. The number of hydrogen-bond donors (Lipinski definition) is 0. The van der Waals surface area contributed by atoms with Crippen LogP contribution in [0.15, 0.2) is 48.8 Å². The van der Waals surface area contributed by atoms with Gasteiger partial charge in [-0.15, -0.1) is 0 Å². The lowest BCUT2D eigenvalue weighted by molar-refractivity contribution is -0.385. The van der Waals surface area contributed by atoms with Crippen LogP contribution in [-0.2, 0) is 0 Å². The number of carbonyl (C=O) groups is 1. The Labute approximate surface area is 119 Å². The number of nitrogens with zero attached hydrogens (tertiary/aromatic N) is 3. The molecule has 0 saturated heterocycles. The number of benzene rings is 2. The lowest BCUT2D eigenvalue weighted by Gasteiger charge is -2.06. The number of rotatable bonds is 2. The van der Waals surface area contributed by atoms with Crippen molar-refractivity contribution in [2.75, 3.05) is 0 Å². The van der Waals surface area contributed by atoms with E-state index in [2.05, 4.69) is 4.98 Å². The molecule has 6 nitrogen and oxygen atoms in total. The minimum absolute atomic E-state index is 0.0585. The van der Waals surface area contributed by atoms with Crippen LogP contribution in [0.1, 0.15) is 15.9 Å². The fourth-order valence-electron chi connectivity index (χ4n) is 2.32. The topological polar surface area (TPSA) is 78.0 Å². The molecule has 2 aromatic carbocycles. The van der Waals surface area contributed by atoms with E-state index in [0.29, 0.717) is 16.6 Å². The average Bonchev–Trinajstić information content (AvgIpc) is 2.89. The molecule has 0 aliphatic heterocycles. The van der Waals surface area contributed by atoms with Gasteiger partial charge in [0.15, 0.2) is 0 Å². The van der Waals surface area contributed by atoms with Crippen molar-refractivity contribution in [2.24, 2.45) is 0 Å². The molecule has 1 heterocycles. The number of hydrogen-bond acceptors (Lipinski definition) is 4. The fraction of sp³-hybridized carbons (Fsp3) is 0.0667. The Hall–Kier alpha value is -3.02. The highest BCUT2D eigenvalue weighted by atomic mass is 16.6. The van der Waals surface area contributed by atoms with Crippen LogP contribution in [0.3, 0.4) is 0 Å². The molecule has 3 rings (SSSR count). The zero-order valence-electron chi connectivity index (χ0n) is 11.2. The molecule has 0 atom stereocenters. The molecule has 0 bridgehead atoms. The average molecular weight is 281 g/mol. The normalized spacial score (nSPS) is 10.7. The number of fused-ring (bicyclic) bond motifs is 1. The molecular weight excluding hydrogens is 270 g/mol. The van der Waals surface area contributed by atoms with Crippen molar-refractivity contribution in [3.63, 3.8) is 0 Å². The van der Waals surface area contributed by atoms with Gasteiger partial charge >= 0.3 is 0 Å². The first kappa shape index (κ1) is 13.0. The summed E-state index contributed by atoms with van der Waals surface area (Å²) < 4.78 is 1.33. The number of aryl methyl sites for hydroxylation is 1. The van der Waals surface area contributed by atoms with Crippen LogP contribution in [0.2, 0.25) is 0 Å². The third-order valence-corrected chi connectivity index (χ3v) is 3.32. The summed E-state index contributed by atoms with van der Waals surface area (Å²) in [6, 6.07) is 11.8. The second-order valence-corrected chi connectivity index (χ2v) is 4.64. The smallest absolute Gasteiger partial charge is 0.268 e. The van der Waals surface area contributed by atoms with Crippen molar-refractivity contribution >= 4 is 22.6 Å². The van der Waals surface area contributed by atoms with Crippen LogP contribution < -0.4 is 0 Å². The molecular formula is C15H11N3O3. The number of imidazole rings is 1. The molecule has 0 radical (unpaired) electrons. The molecule has 0 fully saturated rings. The summed E-state index contributed by atoms with van der Waals surface area (Å²) >= 11 is 0. The molecule has 0 aliphatic carbocycles. The van der Waals surface area contributed by atoms with Gasteiger partial charge in [0, 0.05) is 5.56 Å². The van der Waals surface area contributed by atoms with Gasteiger partial charge in [0.1, 0.15) is 11.9 Å². The second-order valence-electron chi connectivity index (χ2n) is 4.64. The first-order chi connectivity index (χ1) is 10.1. The maximum Gasteiger partial charge on any atom is 0.285 e. The van der Waals surface area contributed by atoms with Gasteiger partial charge in [-0.05, 0) is 25.1 Å². The summed E-state index contributed by atoms with van der Waals surface area (Å²) in [6.07, 6.45) is 1.39. The Morgan fingerprint density at radius 1 is 1.19 bits per heavy atom. The zero-order chi connectivity index (χ0) is 15.0. The van der Waals surface area contributed by atoms with Crippen LogP contribution in [0.25, 0.3) is 11.0 Å². The summed E-state index contributed by atoms with van der Waals surface area (Å²) in [5.41, 5.74) is 1.64. The van der Waals surface area contributed by atoms with Crippen molar-refractivity contribution in [1.82, 2.24) is 9.55 Å². The predicted molar refractivity (Wildman–Crippen MR) is 77.3 cm³/mol. The van der Waals surface area contributed by atoms with Crippen molar-refractivity contribution in [3.05, 3.63) is 70.0 Å². The summed E-state index contributed by atoms with van der Waals surface area (Å²) in [5.74, 6) is -0.459. The van der Waals surface area contributed by atoms with Crippen LogP contribution in [0, 0.1) is 17.0 Å². The molecule has 104 valence electrons. The van der Waals surface area contributed by atoms with Gasteiger partial charge in [-0.2, -0.15) is 0 Å². The largest absolute Gasteiger partial charge is 0.285 e. The van der Waals surface area contributed by atoms with E-state index >= 15 is 0 Å². The number of para-hydroxylation sites is 3. The molecule has 0 unspecified atom stereocenters. The number of carbonyl (C=O) groups excluding carboxylic acids is 1. The van der Waals surface area contributed by atoms with Crippen LogP contribution in [0.4, 0.5) is 5.69 Å². The third kappa shape index (κ3) is 2.06. The molecule has 6 heteroatoms. The van der Waals surface area contributed by atoms with E-state index in [9.17, 15) is 14.9 Å². The maximum atomic E-state index is 12.6. The molecule has 0 aliphatic rings. The van der Waals surface area contributed by atoms with Gasteiger partial charge in [0.25, 0.3) is 11.6 Å². The highest BCUT2D eigenvalue weighted by molar-refractivity contribution is 6.04. The van der Waals surface area contributed by atoms with E-state index in [1.807, 2.05) is 6.07 Å². The zero-order valence-corrected chi connectivity index (χ0v) is 11.2. The van der Waals surface area contributed by atoms with Gasteiger partial charge in [0.2, 0.25) is 0 Å². The first-order valence-electron chi connectivity index (χ1n) is 6.30. The Bertz CT molecular complexity index is 867.